The number of benzene rings is 1. The molecule has 1 N–H and O–H groups in total. The van der Waals surface area contributed by atoms with Gasteiger partial charge in [-0.05, 0) is 72.5 Å². The Morgan fingerprint density at radius 3 is 3.06 bits per heavy atom. The van der Waals surface area contributed by atoms with Crippen molar-refractivity contribution in [1.82, 2.24) is 5.32 Å². The van der Waals surface area contributed by atoms with E-state index in [-0.39, 0.29) is 0 Å². The predicted octanol–water partition coefficient (Wildman–Crippen LogP) is 3.90. The fourth-order valence-corrected chi connectivity index (χ4v) is 3.15. The van der Waals surface area contributed by atoms with Gasteiger partial charge in [0.25, 0.3) is 0 Å². The molecule has 3 heteroatoms. The third-order valence-electron chi connectivity index (χ3n) is 3.50. The Labute approximate surface area is 124 Å². The monoisotopic (exact) mass is 359 g/mol. The van der Waals surface area contributed by atoms with Crippen LogP contribution in [0.25, 0.3) is 0 Å². The zero-order valence-corrected chi connectivity index (χ0v) is 13.2. The van der Waals surface area contributed by atoms with Crippen LogP contribution in [-0.2, 0) is 4.74 Å². The minimum atomic E-state index is 0.467. The maximum absolute atomic E-state index is 5.71. The van der Waals surface area contributed by atoms with Crippen molar-refractivity contribution in [2.24, 2.45) is 0 Å². The van der Waals surface area contributed by atoms with Gasteiger partial charge in [0.15, 0.2) is 0 Å². The fraction of sp³-hybridized carbons (Fsp3) is 0.600. The van der Waals surface area contributed by atoms with Crippen LogP contribution in [0.3, 0.4) is 0 Å². The van der Waals surface area contributed by atoms with Crippen LogP contribution in [0.4, 0.5) is 0 Å². The lowest BCUT2D eigenvalue weighted by Gasteiger charge is -2.20. The quantitative estimate of drug-likeness (QED) is 0.778. The average Bonchev–Trinajstić information content (AvgIpc) is 2.87. The molecule has 0 bridgehead atoms. The molecule has 1 heterocycles. The summed E-state index contributed by atoms with van der Waals surface area (Å²) in [4.78, 5) is 0. The Morgan fingerprint density at radius 1 is 1.50 bits per heavy atom. The summed E-state index contributed by atoms with van der Waals surface area (Å²) in [5.74, 6) is 0. The van der Waals surface area contributed by atoms with E-state index in [9.17, 15) is 0 Å². The third-order valence-corrected chi connectivity index (χ3v) is 4.17. The highest BCUT2D eigenvalue weighted by Crippen LogP contribution is 2.24. The van der Waals surface area contributed by atoms with E-state index in [0.29, 0.717) is 12.1 Å². The van der Waals surface area contributed by atoms with E-state index in [4.69, 9.17) is 4.74 Å². The molecule has 1 aliphatic heterocycles. The van der Waals surface area contributed by atoms with Crippen molar-refractivity contribution in [3.63, 3.8) is 0 Å². The highest BCUT2D eigenvalue weighted by molar-refractivity contribution is 14.1. The van der Waals surface area contributed by atoms with Crippen molar-refractivity contribution in [2.75, 3.05) is 13.2 Å². The van der Waals surface area contributed by atoms with Crippen molar-refractivity contribution in [3.8, 4) is 0 Å². The predicted molar refractivity (Wildman–Crippen MR) is 83.8 cm³/mol. The Bertz CT molecular complexity index is 363. The van der Waals surface area contributed by atoms with Gasteiger partial charge in [-0.25, -0.2) is 0 Å². The number of halogens is 1. The van der Waals surface area contributed by atoms with E-state index in [1.807, 2.05) is 0 Å². The number of nitrogens with one attached hydrogen (secondary N) is 1. The first-order chi connectivity index (χ1) is 8.79. The summed E-state index contributed by atoms with van der Waals surface area (Å²) in [6, 6.07) is 9.27. The van der Waals surface area contributed by atoms with Crippen LogP contribution in [-0.4, -0.2) is 19.3 Å². The second-order valence-corrected chi connectivity index (χ2v) is 6.12. The van der Waals surface area contributed by atoms with Gasteiger partial charge >= 0.3 is 0 Å². The molecule has 1 fully saturated rings. The molecule has 100 valence electrons. The Hall–Kier alpha value is -0.130. The molecule has 18 heavy (non-hydrogen) atoms. The van der Waals surface area contributed by atoms with Gasteiger partial charge in [0.2, 0.25) is 0 Å². The molecule has 0 aliphatic carbocycles. The number of ether oxygens (including phenoxy) is 1. The first kappa shape index (κ1) is 14.3. The summed E-state index contributed by atoms with van der Waals surface area (Å²) >= 11 is 2.38. The van der Waals surface area contributed by atoms with E-state index in [1.165, 1.54) is 34.8 Å². The van der Waals surface area contributed by atoms with Crippen molar-refractivity contribution >= 4 is 22.6 Å². The minimum absolute atomic E-state index is 0.467. The molecule has 0 spiro atoms. The first-order valence-electron chi connectivity index (χ1n) is 6.90. The normalized spacial score (nSPS) is 21.1. The van der Waals surface area contributed by atoms with E-state index in [2.05, 4.69) is 59.1 Å². The smallest absolute Gasteiger partial charge is 0.0576 e. The van der Waals surface area contributed by atoms with Gasteiger partial charge in [-0.2, -0.15) is 0 Å². The molecule has 2 atom stereocenters. The molecule has 1 saturated heterocycles. The van der Waals surface area contributed by atoms with E-state index in [1.54, 1.807) is 0 Å². The molecule has 0 radical (unpaired) electrons. The van der Waals surface area contributed by atoms with Crippen LogP contribution in [0.15, 0.2) is 24.3 Å². The highest BCUT2D eigenvalue weighted by atomic mass is 127. The SMILES string of the molecule is CCNC(CCC1CCCO1)c1cccc(I)c1. The Morgan fingerprint density at radius 2 is 2.39 bits per heavy atom. The summed E-state index contributed by atoms with van der Waals surface area (Å²) in [6.45, 7) is 4.15. The maximum atomic E-state index is 5.71. The van der Waals surface area contributed by atoms with Crippen molar-refractivity contribution in [1.29, 1.82) is 0 Å². The molecule has 1 aliphatic rings. The molecule has 1 aromatic carbocycles. The van der Waals surface area contributed by atoms with Crippen LogP contribution in [0.5, 0.6) is 0 Å². The standard InChI is InChI=1S/C15H22INO/c1-2-17-15(9-8-14-7-4-10-18-14)12-5-3-6-13(16)11-12/h3,5-6,11,14-15,17H,2,4,7-10H2,1H3. The summed E-state index contributed by atoms with van der Waals surface area (Å²) in [5, 5.41) is 3.59. The van der Waals surface area contributed by atoms with Gasteiger partial charge in [0.05, 0.1) is 6.10 Å². The van der Waals surface area contributed by atoms with E-state index < -0.39 is 0 Å². The molecule has 2 nitrogen and oxygen atoms in total. The van der Waals surface area contributed by atoms with Gasteiger partial charge in [-0.1, -0.05) is 19.1 Å². The van der Waals surface area contributed by atoms with Crippen LogP contribution in [0, 0.1) is 3.57 Å². The second-order valence-electron chi connectivity index (χ2n) is 4.88. The summed E-state index contributed by atoms with van der Waals surface area (Å²) in [7, 11) is 0. The number of rotatable bonds is 6. The van der Waals surface area contributed by atoms with Crippen LogP contribution >= 0.6 is 22.6 Å². The highest BCUT2D eigenvalue weighted by Gasteiger charge is 2.18. The van der Waals surface area contributed by atoms with E-state index in [0.717, 1.165) is 13.2 Å². The topological polar surface area (TPSA) is 21.3 Å². The molecule has 2 unspecified atom stereocenters. The zero-order valence-electron chi connectivity index (χ0n) is 11.0. The van der Waals surface area contributed by atoms with Crippen LogP contribution in [0.2, 0.25) is 0 Å². The second kappa shape index (κ2) is 7.46. The average molecular weight is 359 g/mol. The molecule has 2 rings (SSSR count). The molecular weight excluding hydrogens is 337 g/mol. The van der Waals surface area contributed by atoms with Crippen LogP contribution < -0.4 is 5.32 Å². The molecule has 1 aromatic rings. The fourth-order valence-electron chi connectivity index (χ4n) is 2.58. The number of hydrogen-bond donors (Lipinski definition) is 1. The summed E-state index contributed by atoms with van der Waals surface area (Å²) in [6.07, 6.45) is 5.31. The lowest BCUT2D eigenvalue weighted by molar-refractivity contribution is 0.0996. The Kier molecular flexibility index (Phi) is 5.92. The van der Waals surface area contributed by atoms with E-state index >= 15 is 0 Å². The van der Waals surface area contributed by atoms with Gasteiger partial charge < -0.3 is 10.1 Å². The zero-order chi connectivity index (χ0) is 12.8. The van der Waals surface area contributed by atoms with Gasteiger partial charge in [-0.15, -0.1) is 0 Å². The molecule has 0 amide bonds. The van der Waals surface area contributed by atoms with Gasteiger partial charge in [0.1, 0.15) is 0 Å². The largest absolute Gasteiger partial charge is 0.378 e. The van der Waals surface area contributed by atoms with Crippen molar-refractivity contribution in [2.45, 2.75) is 44.8 Å². The lowest BCUT2D eigenvalue weighted by Crippen LogP contribution is -2.22. The third kappa shape index (κ3) is 4.21. The van der Waals surface area contributed by atoms with Crippen molar-refractivity contribution < 1.29 is 4.74 Å². The van der Waals surface area contributed by atoms with Crippen molar-refractivity contribution in [3.05, 3.63) is 33.4 Å². The minimum Gasteiger partial charge on any atom is -0.378 e. The lowest BCUT2D eigenvalue weighted by atomic mass is 9.99. The molecule has 0 saturated carbocycles. The maximum Gasteiger partial charge on any atom is 0.0576 e. The summed E-state index contributed by atoms with van der Waals surface area (Å²) < 4.78 is 7.02. The van der Waals surface area contributed by atoms with Crippen LogP contribution in [0.1, 0.15) is 44.2 Å². The summed E-state index contributed by atoms with van der Waals surface area (Å²) in [5.41, 5.74) is 1.40. The number of hydrogen-bond acceptors (Lipinski definition) is 2. The first-order valence-corrected chi connectivity index (χ1v) is 7.98. The van der Waals surface area contributed by atoms with Gasteiger partial charge in [-0.3, -0.25) is 0 Å². The van der Waals surface area contributed by atoms with Gasteiger partial charge in [0, 0.05) is 16.2 Å². The molecular formula is C15H22INO. The molecule has 0 aromatic heterocycles. The Balaban J connectivity index is 1.94.